The molecule has 0 aliphatic rings. The Hall–Kier alpha value is -2.55. The number of benzene rings is 2. The molecule has 0 saturated heterocycles. The Bertz CT molecular complexity index is 719. The van der Waals surface area contributed by atoms with Gasteiger partial charge in [-0.15, -0.1) is 0 Å². The van der Waals surface area contributed by atoms with E-state index in [0.29, 0.717) is 16.3 Å². The van der Waals surface area contributed by atoms with Gasteiger partial charge in [0.15, 0.2) is 5.78 Å². The summed E-state index contributed by atoms with van der Waals surface area (Å²) in [5.74, 6) is -0.229. The molecule has 98 valence electrons. The van der Waals surface area contributed by atoms with Crippen molar-refractivity contribution in [2.24, 2.45) is 5.11 Å². The van der Waals surface area contributed by atoms with Crippen LogP contribution in [0.25, 0.3) is 16.5 Å². The molecular weight excluding hydrogens is 274 g/mol. The molecule has 0 aromatic heterocycles. The molecule has 0 atom stereocenters. The summed E-state index contributed by atoms with van der Waals surface area (Å²) >= 11 is 5.87. The lowest BCUT2D eigenvalue weighted by Gasteiger charge is -2.00. The highest BCUT2D eigenvalue weighted by Crippen LogP contribution is 2.20. The van der Waals surface area contributed by atoms with Gasteiger partial charge in [-0.05, 0) is 29.3 Å². The van der Waals surface area contributed by atoms with Crippen LogP contribution in [0.1, 0.15) is 15.9 Å². The quantitative estimate of drug-likeness (QED) is 0.251. The van der Waals surface area contributed by atoms with E-state index in [1.807, 2.05) is 6.07 Å². The van der Waals surface area contributed by atoms with Crippen molar-refractivity contribution in [3.8, 4) is 0 Å². The zero-order valence-electron chi connectivity index (χ0n) is 10.4. The van der Waals surface area contributed by atoms with Crippen LogP contribution in [0.5, 0.6) is 0 Å². The summed E-state index contributed by atoms with van der Waals surface area (Å²) in [5, 5.41) is 4.11. The van der Waals surface area contributed by atoms with Crippen molar-refractivity contribution in [3.63, 3.8) is 0 Å². The van der Waals surface area contributed by atoms with Crippen LogP contribution in [0.2, 0.25) is 5.02 Å². The van der Waals surface area contributed by atoms with Crippen molar-refractivity contribution in [1.82, 2.24) is 0 Å². The fourth-order valence-electron chi connectivity index (χ4n) is 1.69. The summed E-state index contributed by atoms with van der Waals surface area (Å²) < 4.78 is 0. The maximum Gasteiger partial charge on any atom is 0.186 e. The van der Waals surface area contributed by atoms with E-state index in [1.54, 1.807) is 48.5 Å². The molecule has 0 saturated carbocycles. The number of azide groups is 1. The second-order valence-electron chi connectivity index (χ2n) is 3.96. The van der Waals surface area contributed by atoms with Gasteiger partial charge in [0, 0.05) is 21.2 Å². The van der Waals surface area contributed by atoms with Crippen molar-refractivity contribution < 1.29 is 4.79 Å². The molecule has 0 aliphatic carbocycles. The SMILES string of the molecule is [N-]=[N+]=Nc1ccccc1C(=O)/C=C/c1cccc(Cl)c1. The van der Waals surface area contributed by atoms with Gasteiger partial charge < -0.3 is 0 Å². The molecule has 4 nitrogen and oxygen atoms in total. The molecule has 0 N–H and O–H groups in total. The molecule has 0 aliphatic heterocycles. The summed E-state index contributed by atoms with van der Waals surface area (Å²) in [6.45, 7) is 0. The van der Waals surface area contributed by atoms with Crippen molar-refractivity contribution in [2.75, 3.05) is 0 Å². The molecule has 20 heavy (non-hydrogen) atoms. The Kier molecular flexibility index (Phi) is 4.56. The molecule has 0 bridgehead atoms. The van der Waals surface area contributed by atoms with E-state index >= 15 is 0 Å². The lowest BCUT2D eigenvalue weighted by molar-refractivity contribution is 0.104. The van der Waals surface area contributed by atoms with Gasteiger partial charge >= 0.3 is 0 Å². The van der Waals surface area contributed by atoms with Crippen LogP contribution >= 0.6 is 11.6 Å². The maximum atomic E-state index is 12.1. The largest absolute Gasteiger partial charge is 0.289 e. The van der Waals surface area contributed by atoms with E-state index in [2.05, 4.69) is 10.0 Å². The summed E-state index contributed by atoms with van der Waals surface area (Å²) in [4.78, 5) is 14.8. The van der Waals surface area contributed by atoms with Crippen molar-refractivity contribution in [1.29, 1.82) is 0 Å². The lowest BCUT2D eigenvalue weighted by Crippen LogP contribution is -1.94. The number of hydrogen-bond acceptors (Lipinski definition) is 2. The number of carbonyl (C=O) groups is 1. The monoisotopic (exact) mass is 283 g/mol. The zero-order valence-corrected chi connectivity index (χ0v) is 11.2. The van der Waals surface area contributed by atoms with E-state index in [4.69, 9.17) is 17.1 Å². The van der Waals surface area contributed by atoms with Gasteiger partial charge in [0.2, 0.25) is 0 Å². The molecule has 5 heteroatoms. The van der Waals surface area contributed by atoms with Crippen LogP contribution in [0, 0.1) is 0 Å². The molecular formula is C15H10ClN3O. The van der Waals surface area contributed by atoms with Crippen LogP contribution in [0.3, 0.4) is 0 Å². The molecule has 0 spiro atoms. The Morgan fingerprint density at radius 1 is 1.20 bits per heavy atom. The highest BCUT2D eigenvalue weighted by Gasteiger charge is 2.06. The van der Waals surface area contributed by atoms with Gasteiger partial charge in [0.05, 0.1) is 0 Å². The minimum atomic E-state index is -0.229. The Morgan fingerprint density at radius 2 is 2.00 bits per heavy atom. The molecule has 0 radical (unpaired) electrons. The molecule has 2 aromatic carbocycles. The number of rotatable bonds is 4. The fourth-order valence-corrected chi connectivity index (χ4v) is 1.89. The number of ketones is 1. The highest BCUT2D eigenvalue weighted by atomic mass is 35.5. The van der Waals surface area contributed by atoms with Crippen LogP contribution in [0.15, 0.2) is 59.7 Å². The van der Waals surface area contributed by atoms with E-state index in [1.165, 1.54) is 6.08 Å². The van der Waals surface area contributed by atoms with Crippen LogP contribution < -0.4 is 0 Å². The molecule has 0 amide bonds. The average Bonchev–Trinajstić information content (AvgIpc) is 2.46. The van der Waals surface area contributed by atoms with Crippen LogP contribution in [0.4, 0.5) is 5.69 Å². The Morgan fingerprint density at radius 3 is 2.75 bits per heavy atom. The first kappa shape index (κ1) is 13.9. The predicted octanol–water partition coefficient (Wildman–Crippen LogP) is 5.18. The summed E-state index contributed by atoms with van der Waals surface area (Å²) in [6, 6.07) is 13.8. The van der Waals surface area contributed by atoms with Crippen molar-refractivity contribution in [2.45, 2.75) is 0 Å². The topological polar surface area (TPSA) is 65.8 Å². The first-order chi connectivity index (χ1) is 9.70. The molecule has 0 fully saturated rings. The van der Waals surface area contributed by atoms with E-state index in [9.17, 15) is 4.79 Å². The fraction of sp³-hybridized carbons (Fsp3) is 0. The number of allylic oxidation sites excluding steroid dienone is 1. The van der Waals surface area contributed by atoms with Gasteiger partial charge in [0.25, 0.3) is 0 Å². The second-order valence-corrected chi connectivity index (χ2v) is 4.40. The first-order valence-electron chi connectivity index (χ1n) is 5.83. The minimum Gasteiger partial charge on any atom is -0.289 e. The smallest absolute Gasteiger partial charge is 0.186 e. The molecule has 0 unspecified atom stereocenters. The molecule has 2 rings (SSSR count). The minimum absolute atomic E-state index is 0.229. The third kappa shape index (κ3) is 3.48. The van der Waals surface area contributed by atoms with Crippen LogP contribution in [-0.4, -0.2) is 5.78 Å². The number of carbonyl (C=O) groups excluding carboxylic acids is 1. The van der Waals surface area contributed by atoms with Crippen LogP contribution in [-0.2, 0) is 0 Å². The second kappa shape index (κ2) is 6.57. The molecule has 2 aromatic rings. The predicted molar refractivity (Wildman–Crippen MR) is 80.1 cm³/mol. The Labute approximate surface area is 120 Å². The van der Waals surface area contributed by atoms with Gasteiger partial charge in [-0.2, -0.15) is 0 Å². The van der Waals surface area contributed by atoms with Gasteiger partial charge in [-0.3, -0.25) is 4.79 Å². The standard InChI is InChI=1S/C15H10ClN3O/c16-12-5-3-4-11(10-12)8-9-15(20)13-6-1-2-7-14(13)18-19-17/h1-10H/b9-8+. The van der Waals surface area contributed by atoms with Crippen molar-refractivity contribution >= 4 is 29.1 Å². The summed E-state index contributed by atoms with van der Waals surface area (Å²) in [7, 11) is 0. The maximum absolute atomic E-state index is 12.1. The Balaban J connectivity index is 2.27. The lowest BCUT2D eigenvalue weighted by atomic mass is 10.1. The zero-order chi connectivity index (χ0) is 14.4. The van der Waals surface area contributed by atoms with E-state index < -0.39 is 0 Å². The third-order valence-corrected chi connectivity index (χ3v) is 2.83. The normalized spacial score (nSPS) is 10.2. The third-order valence-electron chi connectivity index (χ3n) is 2.60. The first-order valence-corrected chi connectivity index (χ1v) is 6.20. The van der Waals surface area contributed by atoms with E-state index in [0.717, 1.165) is 5.56 Å². The molecule has 0 heterocycles. The van der Waals surface area contributed by atoms with Gasteiger partial charge in [-0.1, -0.05) is 59.2 Å². The summed E-state index contributed by atoms with van der Waals surface area (Å²) in [5.41, 5.74) is 9.98. The highest BCUT2D eigenvalue weighted by molar-refractivity contribution is 6.30. The van der Waals surface area contributed by atoms with Gasteiger partial charge in [-0.25, -0.2) is 0 Å². The van der Waals surface area contributed by atoms with Crippen molar-refractivity contribution in [3.05, 3.63) is 81.2 Å². The number of halogens is 1. The van der Waals surface area contributed by atoms with E-state index in [-0.39, 0.29) is 5.78 Å². The summed E-state index contributed by atoms with van der Waals surface area (Å²) in [6.07, 6.45) is 3.10. The van der Waals surface area contributed by atoms with Gasteiger partial charge in [0.1, 0.15) is 0 Å². The average molecular weight is 284 g/mol. The number of hydrogen-bond donors (Lipinski definition) is 0. The number of nitrogens with zero attached hydrogens (tertiary/aromatic N) is 3.